The van der Waals surface area contributed by atoms with Gasteiger partial charge in [-0.25, -0.2) is 0 Å². The Balaban J connectivity index is 1.85. The molecule has 1 nitrogen and oxygen atoms in total. The van der Waals surface area contributed by atoms with Gasteiger partial charge in [-0.1, -0.05) is 19.3 Å². The molecule has 1 atom stereocenters. The van der Waals surface area contributed by atoms with Gasteiger partial charge in [0.15, 0.2) is 0 Å². The zero-order valence-corrected chi connectivity index (χ0v) is 10.9. The molecular weight excluding hydrogens is 214 g/mol. The highest BCUT2D eigenvalue weighted by Gasteiger charge is 2.29. The van der Waals surface area contributed by atoms with Crippen LogP contribution < -0.4 is 5.32 Å². The van der Waals surface area contributed by atoms with Crippen molar-refractivity contribution in [1.29, 1.82) is 0 Å². The van der Waals surface area contributed by atoms with E-state index >= 15 is 0 Å². The van der Waals surface area contributed by atoms with Crippen molar-refractivity contribution in [3.63, 3.8) is 0 Å². The summed E-state index contributed by atoms with van der Waals surface area (Å²) in [6.45, 7) is 3.44. The molecule has 0 saturated heterocycles. The van der Waals surface area contributed by atoms with Gasteiger partial charge in [-0.2, -0.15) is 0 Å². The number of nitrogens with one attached hydrogen (secondary N) is 1. The summed E-state index contributed by atoms with van der Waals surface area (Å²) in [4.78, 5) is 3.15. The van der Waals surface area contributed by atoms with Gasteiger partial charge in [0.2, 0.25) is 0 Å². The number of hydrogen-bond donors (Lipinski definition) is 1. The number of hydrogen-bond acceptors (Lipinski definition) is 2. The van der Waals surface area contributed by atoms with Crippen molar-refractivity contribution in [2.24, 2.45) is 5.92 Å². The molecule has 0 spiro atoms. The molecule has 1 N–H and O–H groups in total. The van der Waals surface area contributed by atoms with E-state index in [-0.39, 0.29) is 0 Å². The van der Waals surface area contributed by atoms with E-state index in [4.69, 9.17) is 0 Å². The summed E-state index contributed by atoms with van der Waals surface area (Å²) in [6, 6.07) is 3.11. The maximum Gasteiger partial charge on any atom is 0.0359 e. The fourth-order valence-electron chi connectivity index (χ4n) is 3.38. The Morgan fingerprint density at radius 1 is 1.25 bits per heavy atom. The van der Waals surface area contributed by atoms with Crippen molar-refractivity contribution in [3.05, 3.63) is 21.4 Å². The van der Waals surface area contributed by atoms with Crippen molar-refractivity contribution in [3.8, 4) is 0 Å². The summed E-state index contributed by atoms with van der Waals surface area (Å²) in [7, 11) is 0. The second-order valence-electron chi connectivity index (χ2n) is 5.32. The molecule has 16 heavy (non-hydrogen) atoms. The number of rotatable bonds is 1. The Hall–Kier alpha value is -0.340. The van der Waals surface area contributed by atoms with Crippen LogP contribution in [-0.4, -0.2) is 6.54 Å². The van der Waals surface area contributed by atoms with Crippen LogP contribution in [0.15, 0.2) is 6.07 Å². The molecule has 0 amide bonds. The quantitative estimate of drug-likeness (QED) is 0.780. The lowest BCUT2D eigenvalue weighted by Crippen LogP contribution is -2.34. The van der Waals surface area contributed by atoms with E-state index in [1.54, 1.807) is 10.4 Å². The first kappa shape index (κ1) is 10.8. The lowest BCUT2D eigenvalue weighted by Gasteiger charge is -2.34. The van der Waals surface area contributed by atoms with Crippen molar-refractivity contribution < 1.29 is 0 Å². The molecule has 1 aromatic rings. The van der Waals surface area contributed by atoms with Crippen molar-refractivity contribution in [2.45, 2.75) is 51.5 Å². The van der Waals surface area contributed by atoms with Gasteiger partial charge >= 0.3 is 0 Å². The van der Waals surface area contributed by atoms with Crippen LogP contribution in [0.25, 0.3) is 0 Å². The Kier molecular flexibility index (Phi) is 3.03. The topological polar surface area (TPSA) is 12.0 Å². The third-order valence-corrected chi connectivity index (χ3v) is 5.26. The van der Waals surface area contributed by atoms with E-state index in [1.807, 2.05) is 11.3 Å². The second-order valence-corrected chi connectivity index (χ2v) is 6.66. The smallest absolute Gasteiger partial charge is 0.0359 e. The van der Waals surface area contributed by atoms with Crippen LogP contribution in [0.1, 0.15) is 53.5 Å². The molecule has 0 radical (unpaired) electrons. The molecule has 1 aliphatic heterocycles. The molecule has 1 saturated carbocycles. The summed E-state index contributed by atoms with van der Waals surface area (Å²) in [5.74, 6) is 0.904. The van der Waals surface area contributed by atoms with Crippen LogP contribution >= 0.6 is 11.3 Å². The van der Waals surface area contributed by atoms with Crippen LogP contribution in [-0.2, 0) is 6.42 Å². The number of fused-ring (bicyclic) bond motifs is 1. The molecule has 88 valence electrons. The van der Waals surface area contributed by atoms with E-state index in [9.17, 15) is 0 Å². The summed E-state index contributed by atoms with van der Waals surface area (Å²) in [5.41, 5.74) is 1.64. The summed E-state index contributed by atoms with van der Waals surface area (Å²) in [5, 5.41) is 3.76. The standard InChI is InChI=1S/C14H21NS/c1-10-9-12-13(16-10)7-8-15-14(12)11-5-3-2-4-6-11/h9,11,14-15H,2-8H2,1H3. The number of thiophene rings is 1. The highest BCUT2D eigenvalue weighted by Crippen LogP contribution is 2.39. The minimum Gasteiger partial charge on any atom is -0.309 e. The Morgan fingerprint density at radius 2 is 2.06 bits per heavy atom. The molecule has 2 heterocycles. The van der Waals surface area contributed by atoms with Crippen LogP contribution in [0.5, 0.6) is 0 Å². The molecule has 1 fully saturated rings. The maximum absolute atomic E-state index is 3.76. The molecular formula is C14H21NS. The fraction of sp³-hybridized carbons (Fsp3) is 0.714. The molecule has 3 rings (SSSR count). The van der Waals surface area contributed by atoms with Gasteiger partial charge in [-0.05, 0) is 43.7 Å². The maximum atomic E-state index is 3.76. The van der Waals surface area contributed by atoms with Gasteiger partial charge in [0.25, 0.3) is 0 Å². The minimum absolute atomic E-state index is 0.675. The average molecular weight is 235 g/mol. The largest absolute Gasteiger partial charge is 0.309 e. The molecule has 1 unspecified atom stereocenters. The van der Waals surface area contributed by atoms with E-state index in [2.05, 4.69) is 18.3 Å². The highest BCUT2D eigenvalue weighted by molar-refractivity contribution is 7.12. The molecule has 0 aromatic carbocycles. The van der Waals surface area contributed by atoms with Gasteiger partial charge in [-0.3, -0.25) is 0 Å². The second kappa shape index (κ2) is 4.50. The number of aryl methyl sites for hydroxylation is 1. The monoisotopic (exact) mass is 235 g/mol. The Morgan fingerprint density at radius 3 is 2.88 bits per heavy atom. The summed E-state index contributed by atoms with van der Waals surface area (Å²) >= 11 is 2.02. The van der Waals surface area contributed by atoms with Crippen molar-refractivity contribution in [2.75, 3.05) is 6.54 Å². The van der Waals surface area contributed by atoms with Gasteiger partial charge in [0, 0.05) is 22.3 Å². The zero-order valence-electron chi connectivity index (χ0n) is 10.1. The van der Waals surface area contributed by atoms with Crippen LogP contribution in [0.3, 0.4) is 0 Å². The van der Waals surface area contributed by atoms with E-state index in [0.717, 1.165) is 5.92 Å². The third-order valence-electron chi connectivity index (χ3n) is 4.14. The van der Waals surface area contributed by atoms with Gasteiger partial charge in [0.05, 0.1) is 0 Å². The Bertz CT molecular complexity index is 363. The predicted octanol–water partition coefficient (Wildman–Crippen LogP) is 3.82. The van der Waals surface area contributed by atoms with E-state index in [0.29, 0.717) is 6.04 Å². The average Bonchev–Trinajstić information content (AvgIpc) is 2.70. The lowest BCUT2D eigenvalue weighted by atomic mass is 9.80. The van der Waals surface area contributed by atoms with Gasteiger partial charge < -0.3 is 5.32 Å². The first-order valence-corrected chi connectivity index (χ1v) is 7.49. The van der Waals surface area contributed by atoms with E-state index in [1.165, 1.54) is 49.9 Å². The molecule has 1 aliphatic carbocycles. The highest BCUT2D eigenvalue weighted by atomic mass is 32.1. The minimum atomic E-state index is 0.675. The van der Waals surface area contributed by atoms with Crippen LogP contribution in [0.2, 0.25) is 0 Å². The lowest BCUT2D eigenvalue weighted by molar-refractivity contribution is 0.266. The molecule has 0 bridgehead atoms. The van der Waals surface area contributed by atoms with Gasteiger partial charge in [-0.15, -0.1) is 11.3 Å². The normalized spacial score (nSPS) is 26.7. The first-order chi connectivity index (χ1) is 7.84. The summed E-state index contributed by atoms with van der Waals surface area (Å²) in [6.07, 6.45) is 8.47. The SMILES string of the molecule is Cc1cc2c(s1)CCNC2C1CCCCC1. The molecule has 2 aliphatic rings. The zero-order chi connectivity index (χ0) is 11.0. The first-order valence-electron chi connectivity index (χ1n) is 6.67. The predicted molar refractivity (Wildman–Crippen MR) is 70.1 cm³/mol. The van der Waals surface area contributed by atoms with Crippen LogP contribution in [0.4, 0.5) is 0 Å². The van der Waals surface area contributed by atoms with Crippen molar-refractivity contribution >= 4 is 11.3 Å². The Labute approximate surface area is 102 Å². The summed E-state index contributed by atoms with van der Waals surface area (Å²) < 4.78 is 0. The van der Waals surface area contributed by atoms with E-state index < -0.39 is 0 Å². The van der Waals surface area contributed by atoms with Gasteiger partial charge in [0.1, 0.15) is 0 Å². The van der Waals surface area contributed by atoms with Crippen LogP contribution in [0, 0.1) is 12.8 Å². The molecule has 1 aromatic heterocycles. The fourth-order valence-corrected chi connectivity index (χ4v) is 4.46. The molecule has 2 heteroatoms. The van der Waals surface area contributed by atoms with Crippen molar-refractivity contribution in [1.82, 2.24) is 5.32 Å². The third kappa shape index (κ3) is 1.93.